The maximum Gasteiger partial charge on any atom is 0.107 e. The Hall–Kier alpha value is -0.160. The van der Waals surface area contributed by atoms with Crippen LogP contribution in [0.5, 0.6) is 0 Å². The maximum atomic E-state index is 10.1. The van der Waals surface area contributed by atoms with Gasteiger partial charge in [-0.1, -0.05) is 96.8 Å². The molecule has 0 rings (SSSR count). The van der Waals surface area contributed by atoms with E-state index in [1.165, 1.54) is 89.9 Å². The molecule has 1 atom stereocenters. The van der Waals surface area contributed by atoms with E-state index in [4.69, 9.17) is 10.2 Å². The number of nitrogens with zero attached hydrogens (tertiary/aromatic N) is 1. The summed E-state index contributed by atoms with van der Waals surface area (Å²) in [4.78, 5) is 1.75. The summed E-state index contributed by atoms with van der Waals surface area (Å²) in [5.74, 6) is 0. The predicted molar refractivity (Wildman–Crippen MR) is 111 cm³/mol. The highest BCUT2D eigenvalue weighted by molar-refractivity contribution is 4.62. The van der Waals surface area contributed by atoms with Crippen molar-refractivity contribution in [3.8, 4) is 0 Å². The van der Waals surface area contributed by atoms with Crippen LogP contribution < -0.4 is 0 Å². The summed E-state index contributed by atoms with van der Waals surface area (Å²) in [6.45, 7) is 3.18. The van der Waals surface area contributed by atoms with Crippen LogP contribution in [0.3, 0.4) is 0 Å². The van der Waals surface area contributed by atoms with Gasteiger partial charge in [-0.15, -0.1) is 0 Å². The predicted octanol–water partition coefficient (Wildman–Crippen LogP) is 4.85. The zero-order valence-corrected chi connectivity index (χ0v) is 17.5. The molecule has 0 aliphatic carbocycles. The van der Waals surface area contributed by atoms with Crippen molar-refractivity contribution in [2.45, 2.75) is 116 Å². The molecule has 3 N–H and O–H groups in total. The standard InChI is InChI=1S/C22H47NO3/c1-2-3-4-5-6-7-8-9-10-11-12-13-14-15-16-17-22(26)23(18-20-24)19-21-25/h22,24-26H,2-21H2,1H3. The largest absolute Gasteiger partial charge is 0.395 e. The summed E-state index contributed by atoms with van der Waals surface area (Å²) in [7, 11) is 0. The first-order valence-corrected chi connectivity index (χ1v) is 11.4. The Balaban J connectivity index is 3.28. The minimum absolute atomic E-state index is 0.0237. The monoisotopic (exact) mass is 373 g/mol. The molecule has 26 heavy (non-hydrogen) atoms. The second-order valence-corrected chi connectivity index (χ2v) is 7.70. The summed E-state index contributed by atoms with van der Waals surface area (Å²) in [6.07, 6.45) is 20.4. The first-order chi connectivity index (χ1) is 12.8. The first-order valence-electron chi connectivity index (χ1n) is 11.4. The fourth-order valence-corrected chi connectivity index (χ4v) is 3.55. The average molecular weight is 374 g/mol. The van der Waals surface area contributed by atoms with E-state index in [1.807, 2.05) is 0 Å². The lowest BCUT2D eigenvalue weighted by atomic mass is 10.0. The van der Waals surface area contributed by atoms with Gasteiger partial charge >= 0.3 is 0 Å². The average Bonchev–Trinajstić information content (AvgIpc) is 2.64. The topological polar surface area (TPSA) is 63.9 Å². The summed E-state index contributed by atoms with van der Waals surface area (Å²) >= 11 is 0. The van der Waals surface area contributed by atoms with E-state index in [0.29, 0.717) is 13.1 Å². The second kappa shape index (κ2) is 21.1. The molecule has 4 nitrogen and oxygen atoms in total. The molecule has 158 valence electrons. The first kappa shape index (κ1) is 25.8. The molecule has 0 saturated heterocycles. The van der Waals surface area contributed by atoms with E-state index in [9.17, 15) is 5.11 Å². The van der Waals surface area contributed by atoms with Crippen LogP contribution in [0.2, 0.25) is 0 Å². The third-order valence-electron chi connectivity index (χ3n) is 5.26. The van der Waals surface area contributed by atoms with E-state index >= 15 is 0 Å². The van der Waals surface area contributed by atoms with Gasteiger partial charge < -0.3 is 15.3 Å². The van der Waals surface area contributed by atoms with Crippen molar-refractivity contribution in [2.75, 3.05) is 26.3 Å². The summed E-state index contributed by atoms with van der Waals surface area (Å²) in [5.41, 5.74) is 0. The van der Waals surface area contributed by atoms with E-state index in [0.717, 1.165) is 12.8 Å². The van der Waals surface area contributed by atoms with Gasteiger partial charge in [-0.25, -0.2) is 0 Å². The lowest BCUT2D eigenvalue weighted by Crippen LogP contribution is -2.39. The van der Waals surface area contributed by atoms with E-state index in [1.54, 1.807) is 4.90 Å². The minimum atomic E-state index is -0.531. The molecule has 0 fully saturated rings. The van der Waals surface area contributed by atoms with Gasteiger partial charge in [-0.2, -0.15) is 0 Å². The van der Waals surface area contributed by atoms with Crippen LogP contribution in [-0.2, 0) is 0 Å². The summed E-state index contributed by atoms with van der Waals surface area (Å²) < 4.78 is 0. The van der Waals surface area contributed by atoms with Gasteiger partial charge in [0, 0.05) is 13.1 Å². The van der Waals surface area contributed by atoms with Crippen LogP contribution in [-0.4, -0.2) is 52.8 Å². The SMILES string of the molecule is CCCCCCCCCCCCCCCCCC(O)N(CCO)CCO. The highest BCUT2D eigenvalue weighted by atomic mass is 16.3. The number of rotatable bonds is 21. The minimum Gasteiger partial charge on any atom is -0.395 e. The third-order valence-corrected chi connectivity index (χ3v) is 5.26. The molecule has 0 amide bonds. The lowest BCUT2D eigenvalue weighted by molar-refractivity contribution is -0.0205. The Bertz CT molecular complexity index is 258. The van der Waals surface area contributed by atoms with Gasteiger partial charge in [0.05, 0.1) is 13.2 Å². The summed E-state index contributed by atoms with van der Waals surface area (Å²) in [5, 5.41) is 28.0. The molecule has 0 radical (unpaired) electrons. The van der Waals surface area contributed by atoms with Crippen molar-refractivity contribution in [2.24, 2.45) is 0 Å². The molecule has 0 aliphatic rings. The molecule has 0 spiro atoms. The van der Waals surface area contributed by atoms with Gasteiger partial charge in [-0.3, -0.25) is 4.90 Å². The second-order valence-electron chi connectivity index (χ2n) is 7.70. The highest BCUT2D eigenvalue weighted by Crippen LogP contribution is 2.14. The zero-order chi connectivity index (χ0) is 19.3. The Morgan fingerprint density at radius 1 is 0.577 bits per heavy atom. The lowest BCUT2D eigenvalue weighted by Gasteiger charge is -2.26. The molecule has 0 saturated carbocycles. The highest BCUT2D eigenvalue weighted by Gasteiger charge is 2.13. The van der Waals surface area contributed by atoms with Gasteiger partial charge in [0.2, 0.25) is 0 Å². The molecule has 4 heteroatoms. The van der Waals surface area contributed by atoms with Gasteiger partial charge in [0.25, 0.3) is 0 Å². The van der Waals surface area contributed by atoms with Crippen molar-refractivity contribution < 1.29 is 15.3 Å². The number of aliphatic hydroxyl groups is 3. The van der Waals surface area contributed by atoms with Crippen LogP contribution in [0.4, 0.5) is 0 Å². The van der Waals surface area contributed by atoms with E-state index in [-0.39, 0.29) is 13.2 Å². The molecule has 0 heterocycles. The molecule has 0 bridgehead atoms. The Morgan fingerprint density at radius 2 is 0.923 bits per heavy atom. The van der Waals surface area contributed by atoms with Crippen molar-refractivity contribution in [3.63, 3.8) is 0 Å². The van der Waals surface area contributed by atoms with Crippen molar-refractivity contribution in [3.05, 3.63) is 0 Å². The number of hydrogen-bond acceptors (Lipinski definition) is 4. The van der Waals surface area contributed by atoms with Crippen LogP contribution in [0.15, 0.2) is 0 Å². The number of hydrogen-bond donors (Lipinski definition) is 3. The Morgan fingerprint density at radius 3 is 1.27 bits per heavy atom. The van der Waals surface area contributed by atoms with Gasteiger partial charge in [0.1, 0.15) is 6.23 Å². The van der Waals surface area contributed by atoms with E-state index < -0.39 is 6.23 Å². The smallest absolute Gasteiger partial charge is 0.107 e. The van der Waals surface area contributed by atoms with Gasteiger partial charge in [0.15, 0.2) is 0 Å². The van der Waals surface area contributed by atoms with Crippen LogP contribution >= 0.6 is 0 Å². The third kappa shape index (κ3) is 17.3. The van der Waals surface area contributed by atoms with Crippen molar-refractivity contribution >= 4 is 0 Å². The van der Waals surface area contributed by atoms with Gasteiger partial charge in [-0.05, 0) is 12.8 Å². The molecule has 0 aliphatic heterocycles. The maximum absolute atomic E-state index is 10.1. The molecule has 1 unspecified atom stereocenters. The summed E-state index contributed by atoms with van der Waals surface area (Å²) in [6, 6.07) is 0. The molecule has 0 aromatic heterocycles. The number of unbranched alkanes of at least 4 members (excludes halogenated alkanes) is 14. The molecule has 0 aromatic rings. The molecular formula is C22H47NO3. The normalized spacial score (nSPS) is 12.8. The quantitative estimate of drug-likeness (QED) is 0.199. The van der Waals surface area contributed by atoms with Crippen molar-refractivity contribution in [1.82, 2.24) is 4.90 Å². The number of aliphatic hydroxyl groups excluding tert-OH is 3. The fraction of sp³-hybridized carbons (Fsp3) is 1.00. The fourth-order valence-electron chi connectivity index (χ4n) is 3.55. The molecule has 0 aromatic carbocycles. The molecular weight excluding hydrogens is 326 g/mol. The zero-order valence-electron chi connectivity index (χ0n) is 17.5. The van der Waals surface area contributed by atoms with E-state index in [2.05, 4.69) is 6.92 Å². The van der Waals surface area contributed by atoms with Crippen molar-refractivity contribution in [1.29, 1.82) is 0 Å². The Kier molecular flexibility index (Phi) is 21.0. The van der Waals surface area contributed by atoms with Crippen LogP contribution in [0, 0.1) is 0 Å². The van der Waals surface area contributed by atoms with Crippen LogP contribution in [0.25, 0.3) is 0 Å². The van der Waals surface area contributed by atoms with Crippen LogP contribution in [0.1, 0.15) is 110 Å². The Labute approximate surface area is 163 Å².